The fraction of sp³-hybridized carbons (Fsp3) is 0.400. The van der Waals surface area contributed by atoms with Crippen molar-refractivity contribution in [3.63, 3.8) is 0 Å². The van der Waals surface area contributed by atoms with E-state index in [9.17, 15) is 4.79 Å². The molecule has 0 bridgehead atoms. The lowest BCUT2D eigenvalue weighted by molar-refractivity contribution is 0.0273. The van der Waals surface area contributed by atoms with E-state index < -0.39 is 0 Å². The van der Waals surface area contributed by atoms with Gasteiger partial charge in [-0.3, -0.25) is 4.79 Å². The van der Waals surface area contributed by atoms with Gasteiger partial charge < -0.3 is 15.0 Å². The number of carbonyl (C=O) groups is 1. The fourth-order valence-electron chi connectivity index (χ4n) is 2.65. The van der Waals surface area contributed by atoms with Crippen LogP contribution in [0.2, 0.25) is 0 Å². The van der Waals surface area contributed by atoms with E-state index in [-0.39, 0.29) is 11.4 Å². The van der Waals surface area contributed by atoms with E-state index in [2.05, 4.69) is 10.3 Å². The maximum Gasteiger partial charge on any atom is 0.253 e. The molecule has 1 aromatic carbocycles. The average Bonchev–Trinajstić information content (AvgIpc) is 2.86. The minimum Gasteiger partial charge on any atom is -0.379 e. The Hall–Kier alpha value is -1.81. The molecule has 1 amide bonds. The van der Waals surface area contributed by atoms with Gasteiger partial charge in [-0.05, 0) is 31.9 Å². The first-order valence-electron chi connectivity index (χ1n) is 6.64. The Morgan fingerprint density at radius 1 is 1.42 bits per heavy atom. The van der Waals surface area contributed by atoms with Gasteiger partial charge in [0, 0.05) is 18.2 Å². The second kappa shape index (κ2) is 4.70. The number of H-pyrrole nitrogens is 1. The number of aromatic amines is 1. The molecule has 1 aromatic heterocycles. The molecule has 1 fully saturated rings. The third-order valence-corrected chi connectivity index (χ3v) is 3.69. The van der Waals surface area contributed by atoms with Crippen molar-refractivity contribution in [1.82, 2.24) is 10.3 Å². The van der Waals surface area contributed by atoms with Crippen molar-refractivity contribution in [3.8, 4) is 0 Å². The first kappa shape index (κ1) is 12.2. The predicted molar refractivity (Wildman–Crippen MR) is 74.2 cm³/mol. The van der Waals surface area contributed by atoms with Gasteiger partial charge in [-0.15, -0.1) is 0 Å². The normalized spacial score (nSPS) is 23.4. The van der Waals surface area contributed by atoms with E-state index in [1.165, 1.54) is 0 Å². The van der Waals surface area contributed by atoms with Crippen LogP contribution < -0.4 is 5.32 Å². The molecule has 4 nitrogen and oxygen atoms in total. The van der Waals surface area contributed by atoms with Gasteiger partial charge in [0.05, 0.1) is 23.2 Å². The van der Waals surface area contributed by atoms with Crippen LogP contribution in [0, 0.1) is 0 Å². The highest BCUT2D eigenvalue weighted by atomic mass is 16.5. The lowest BCUT2D eigenvalue weighted by Crippen LogP contribution is -2.51. The van der Waals surface area contributed by atoms with Crippen molar-refractivity contribution >= 4 is 16.8 Å². The fourth-order valence-corrected chi connectivity index (χ4v) is 2.65. The highest BCUT2D eigenvalue weighted by Crippen LogP contribution is 2.21. The molecule has 2 aromatic rings. The number of hydrogen-bond donors (Lipinski definition) is 2. The minimum absolute atomic E-state index is 0.0407. The molecule has 2 N–H and O–H groups in total. The van der Waals surface area contributed by atoms with E-state index >= 15 is 0 Å². The van der Waals surface area contributed by atoms with Crippen LogP contribution in [-0.4, -0.2) is 29.6 Å². The van der Waals surface area contributed by atoms with Crippen molar-refractivity contribution in [2.75, 3.05) is 13.2 Å². The average molecular weight is 258 g/mol. The molecule has 0 spiro atoms. The van der Waals surface area contributed by atoms with Gasteiger partial charge in [0.2, 0.25) is 0 Å². The highest BCUT2D eigenvalue weighted by molar-refractivity contribution is 6.05. The van der Waals surface area contributed by atoms with Gasteiger partial charge in [-0.25, -0.2) is 0 Å². The molecule has 1 saturated heterocycles. The summed E-state index contributed by atoms with van der Waals surface area (Å²) in [4.78, 5) is 15.6. The maximum absolute atomic E-state index is 12.4. The first-order valence-corrected chi connectivity index (χ1v) is 6.64. The molecule has 0 radical (unpaired) electrons. The molecule has 4 heteroatoms. The van der Waals surface area contributed by atoms with E-state index in [4.69, 9.17) is 4.74 Å². The number of benzene rings is 1. The summed E-state index contributed by atoms with van der Waals surface area (Å²) in [6, 6.07) is 7.72. The third kappa shape index (κ3) is 2.36. The Kier molecular flexibility index (Phi) is 3.03. The largest absolute Gasteiger partial charge is 0.379 e. The molecule has 0 aliphatic carbocycles. The van der Waals surface area contributed by atoms with Crippen molar-refractivity contribution in [1.29, 1.82) is 0 Å². The van der Waals surface area contributed by atoms with Crippen molar-refractivity contribution in [3.05, 3.63) is 36.0 Å². The Morgan fingerprint density at radius 2 is 2.32 bits per heavy atom. The second-order valence-corrected chi connectivity index (χ2v) is 5.42. The van der Waals surface area contributed by atoms with E-state index in [0.29, 0.717) is 12.2 Å². The number of fused-ring (bicyclic) bond motifs is 1. The van der Waals surface area contributed by atoms with Crippen molar-refractivity contribution < 1.29 is 9.53 Å². The molecule has 1 aliphatic rings. The second-order valence-electron chi connectivity index (χ2n) is 5.42. The zero-order chi connectivity index (χ0) is 13.3. The summed E-state index contributed by atoms with van der Waals surface area (Å²) < 4.78 is 5.47. The zero-order valence-electron chi connectivity index (χ0n) is 11.0. The molecule has 19 heavy (non-hydrogen) atoms. The monoisotopic (exact) mass is 258 g/mol. The number of para-hydroxylation sites is 1. The summed E-state index contributed by atoms with van der Waals surface area (Å²) in [5, 5.41) is 4.16. The number of carbonyl (C=O) groups excluding carboxylic acids is 1. The summed E-state index contributed by atoms with van der Waals surface area (Å²) in [6.45, 7) is 3.41. The van der Waals surface area contributed by atoms with Crippen LogP contribution in [0.4, 0.5) is 0 Å². The van der Waals surface area contributed by atoms with E-state index in [1.807, 2.05) is 37.4 Å². The summed E-state index contributed by atoms with van der Waals surface area (Å²) in [7, 11) is 0. The third-order valence-electron chi connectivity index (χ3n) is 3.69. The Bertz CT molecular complexity index is 597. The Labute approximate surface area is 112 Å². The summed E-state index contributed by atoms with van der Waals surface area (Å²) in [6.07, 6.45) is 3.80. The molecule has 1 atom stereocenters. The Balaban J connectivity index is 1.85. The van der Waals surface area contributed by atoms with Gasteiger partial charge in [0.25, 0.3) is 5.91 Å². The van der Waals surface area contributed by atoms with Gasteiger partial charge >= 0.3 is 0 Å². The predicted octanol–water partition coefficient (Wildman–Crippen LogP) is 2.47. The van der Waals surface area contributed by atoms with Gasteiger partial charge in [0.1, 0.15) is 0 Å². The molecule has 1 aliphatic heterocycles. The SMILES string of the molecule is CC1(NC(=O)c2cccc3cc[nH]c23)CCCOC1. The number of nitrogens with one attached hydrogen (secondary N) is 2. The van der Waals surface area contributed by atoms with Crippen LogP contribution in [0.5, 0.6) is 0 Å². The molecule has 0 saturated carbocycles. The number of ether oxygens (including phenoxy) is 1. The minimum atomic E-state index is -0.260. The highest BCUT2D eigenvalue weighted by Gasteiger charge is 2.30. The smallest absolute Gasteiger partial charge is 0.253 e. The van der Waals surface area contributed by atoms with Crippen LogP contribution in [-0.2, 0) is 4.74 Å². The van der Waals surface area contributed by atoms with Crippen LogP contribution in [0.1, 0.15) is 30.1 Å². The summed E-state index contributed by atoms with van der Waals surface area (Å²) >= 11 is 0. The lowest BCUT2D eigenvalue weighted by Gasteiger charge is -2.34. The maximum atomic E-state index is 12.4. The van der Waals surface area contributed by atoms with Crippen LogP contribution in [0.25, 0.3) is 10.9 Å². The molecular weight excluding hydrogens is 240 g/mol. The first-order chi connectivity index (χ1) is 9.18. The summed E-state index contributed by atoms with van der Waals surface area (Å²) in [5.74, 6) is -0.0407. The molecule has 100 valence electrons. The standard InChI is InChI=1S/C15H18N2O2/c1-15(7-3-9-19-10-15)17-14(18)12-5-2-4-11-6-8-16-13(11)12/h2,4-6,8,16H,3,7,9-10H2,1H3,(H,17,18). The quantitative estimate of drug-likeness (QED) is 0.869. The number of hydrogen-bond acceptors (Lipinski definition) is 2. The van der Waals surface area contributed by atoms with Crippen LogP contribution in [0.3, 0.4) is 0 Å². The Morgan fingerprint density at radius 3 is 3.11 bits per heavy atom. The lowest BCUT2D eigenvalue weighted by atomic mass is 9.94. The number of aromatic nitrogens is 1. The molecular formula is C15H18N2O2. The van der Waals surface area contributed by atoms with Gasteiger partial charge in [0.15, 0.2) is 0 Å². The van der Waals surface area contributed by atoms with Crippen LogP contribution >= 0.6 is 0 Å². The molecule has 2 heterocycles. The van der Waals surface area contributed by atoms with Gasteiger partial charge in [-0.1, -0.05) is 12.1 Å². The molecule has 1 unspecified atom stereocenters. The van der Waals surface area contributed by atoms with Crippen LogP contribution in [0.15, 0.2) is 30.5 Å². The topological polar surface area (TPSA) is 54.1 Å². The summed E-state index contributed by atoms with van der Waals surface area (Å²) in [5.41, 5.74) is 1.32. The van der Waals surface area contributed by atoms with Gasteiger partial charge in [-0.2, -0.15) is 0 Å². The van der Waals surface area contributed by atoms with Crippen molar-refractivity contribution in [2.24, 2.45) is 0 Å². The van der Waals surface area contributed by atoms with Crippen molar-refractivity contribution in [2.45, 2.75) is 25.3 Å². The number of amides is 1. The van der Waals surface area contributed by atoms with E-state index in [0.717, 1.165) is 30.4 Å². The number of rotatable bonds is 2. The van der Waals surface area contributed by atoms with E-state index in [1.54, 1.807) is 0 Å². The zero-order valence-corrected chi connectivity index (χ0v) is 11.0. The molecule has 3 rings (SSSR count).